The summed E-state index contributed by atoms with van der Waals surface area (Å²) in [4.78, 5) is 14.8. The van der Waals surface area contributed by atoms with Gasteiger partial charge in [0.05, 0.1) is 11.1 Å². The molecule has 0 bridgehead atoms. The predicted molar refractivity (Wildman–Crippen MR) is 113 cm³/mol. The maximum Gasteiger partial charge on any atom is 0.417 e. The van der Waals surface area contributed by atoms with Crippen molar-refractivity contribution in [1.29, 1.82) is 0 Å². The number of likely N-dealkylation sites (tertiary alicyclic amines) is 1. The summed E-state index contributed by atoms with van der Waals surface area (Å²) in [6.45, 7) is 1.72. The molecule has 3 aromatic rings. The lowest BCUT2D eigenvalue weighted by Crippen LogP contribution is -2.36. The zero-order chi connectivity index (χ0) is 20.6. The fourth-order valence-electron chi connectivity index (χ4n) is 3.75. The highest BCUT2D eigenvalue weighted by atomic mass is 35.5. The molecular formula is C21H22ClF3N4O. The number of H-pyrrole nitrogens is 1. The molecule has 1 aliphatic heterocycles. The van der Waals surface area contributed by atoms with Crippen molar-refractivity contribution in [1.82, 2.24) is 15.1 Å². The number of nitrogens with zero attached hydrogens (tertiary/aromatic N) is 2. The summed E-state index contributed by atoms with van der Waals surface area (Å²) in [5, 5.41) is 10.4. The molecule has 5 nitrogen and oxygen atoms in total. The van der Waals surface area contributed by atoms with Crippen LogP contribution < -0.4 is 5.32 Å². The third-order valence-corrected chi connectivity index (χ3v) is 5.44. The summed E-state index contributed by atoms with van der Waals surface area (Å²) in [6.07, 6.45) is -2.91. The molecule has 0 spiro atoms. The first-order chi connectivity index (χ1) is 13.8. The molecule has 0 radical (unpaired) electrons. The average molecular weight is 439 g/mol. The SMILES string of the molecule is CN1CCC(C(=O)Nc2n[nH]c3ccc(-c4ccccc4C(F)(F)F)cc23)CC1.Cl. The van der Waals surface area contributed by atoms with Gasteiger partial charge in [0.25, 0.3) is 0 Å². The molecule has 0 atom stereocenters. The Hall–Kier alpha value is -2.58. The molecule has 0 unspecified atom stereocenters. The van der Waals surface area contributed by atoms with Gasteiger partial charge in [0.15, 0.2) is 5.82 Å². The zero-order valence-corrected chi connectivity index (χ0v) is 17.1. The number of anilines is 1. The van der Waals surface area contributed by atoms with Crippen molar-refractivity contribution < 1.29 is 18.0 Å². The Morgan fingerprint density at radius 1 is 1.17 bits per heavy atom. The van der Waals surface area contributed by atoms with Crippen LogP contribution in [0.5, 0.6) is 0 Å². The second-order valence-electron chi connectivity index (χ2n) is 7.44. The van der Waals surface area contributed by atoms with Gasteiger partial charge in [-0.25, -0.2) is 0 Å². The van der Waals surface area contributed by atoms with Gasteiger partial charge in [0.2, 0.25) is 5.91 Å². The number of nitrogens with one attached hydrogen (secondary N) is 2. The van der Waals surface area contributed by atoms with Crippen LogP contribution in [-0.4, -0.2) is 41.1 Å². The van der Waals surface area contributed by atoms with Crippen LogP contribution in [0.1, 0.15) is 18.4 Å². The number of amides is 1. The Balaban J connectivity index is 0.00000256. The topological polar surface area (TPSA) is 61.0 Å². The van der Waals surface area contributed by atoms with Crippen LogP contribution in [0.3, 0.4) is 0 Å². The van der Waals surface area contributed by atoms with Crippen molar-refractivity contribution >= 4 is 35.0 Å². The van der Waals surface area contributed by atoms with Crippen LogP contribution in [0.2, 0.25) is 0 Å². The molecule has 30 heavy (non-hydrogen) atoms. The number of alkyl halides is 3. The number of benzene rings is 2. The molecule has 1 amide bonds. The maximum absolute atomic E-state index is 13.4. The highest BCUT2D eigenvalue weighted by Crippen LogP contribution is 2.38. The number of rotatable bonds is 3. The predicted octanol–water partition coefficient (Wildman–Crippen LogP) is 4.95. The van der Waals surface area contributed by atoms with Gasteiger partial charge in [0.1, 0.15) is 0 Å². The quantitative estimate of drug-likeness (QED) is 0.608. The molecular weight excluding hydrogens is 417 g/mol. The maximum atomic E-state index is 13.4. The first-order valence-corrected chi connectivity index (χ1v) is 9.47. The molecule has 0 saturated carbocycles. The van der Waals surface area contributed by atoms with Gasteiger partial charge in [-0.2, -0.15) is 18.3 Å². The molecule has 0 aliphatic carbocycles. The van der Waals surface area contributed by atoms with Crippen molar-refractivity contribution in [2.45, 2.75) is 19.0 Å². The van der Waals surface area contributed by atoms with Gasteiger partial charge in [-0.05, 0) is 62.3 Å². The summed E-state index contributed by atoms with van der Waals surface area (Å²) in [6, 6.07) is 10.4. The molecule has 4 rings (SSSR count). The lowest BCUT2D eigenvalue weighted by molar-refractivity contribution is -0.137. The van der Waals surface area contributed by atoms with E-state index in [-0.39, 0.29) is 29.8 Å². The van der Waals surface area contributed by atoms with Gasteiger partial charge in [-0.1, -0.05) is 24.3 Å². The lowest BCUT2D eigenvalue weighted by Gasteiger charge is -2.27. The van der Waals surface area contributed by atoms with E-state index in [9.17, 15) is 18.0 Å². The van der Waals surface area contributed by atoms with Crippen LogP contribution in [0.4, 0.5) is 19.0 Å². The van der Waals surface area contributed by atoms with Gasteiger partial charge in [-0.15, -0.1) is 12.4 Å². The minimum Gasteiger partial charge on any atom is -0.308 e. The van der Waals surface area contributed by atoms with E-state index in [1.54, 1.807) is 24.3 Å². The fourth-order valence-corrected chi connectivity index (χ4v) is 3.75. The number of carbonyl (C=O) groups is 1. The van der Waals surface area contributed by atoms with E-state index in [1.807, 2.05) is 7.05 Å². The van der Waals surface area contributed by atoms with Gasteiger partial charge in [0, 0.05) is 11.3 Å². The molecule has 9 heteroatoms. The van der Waals surface area contributed by atoms with Crippen molar-refractivity contribution in [3.8, 4) is 11.1 Å². The number of hydrogen-bond donors (Lipinski definition) is 2. The van der Waals surface area contributed by atoms with E-state index in [1.165, 1.54) is 12.1 Å². The largest absolute Gasteiger partial charge is 0.417 e. The second kappa shape index (κ2) is 8.65. The standard InChI is InChI=1S/C21H21F3N4O.ClH/c1-28-10-8-13(9-11-28)20(29)25-19-16-12-14(6-7-18(16)26-27-19)15-4-2-3-5-17(15)21(22,23)24;/h2-7,12-13H,8-11H2,1H3,(H2,25,26,27,29);1H. The highest BCUT2D eigenvalue weighted by Gasteiger charge is 2.33. The van der Waals surface area contributed by atoms with E-state index in [0.29, 0.717) is 22.3 Å². The van der Waals surface area contributed by atoms with Gasteiger partial charge >= 0.3 is 6.18 Å². The first-order valence-electron chi connectivity index (χ1n) is 9.47. The van der Waals surface area contributed by atoms with Crippen molar-refractivity contribution in [2.75, 3.05) is 25.5 Å². The third-order valence-electron chi connectivity index (χ3n) is 5.44. The minimum absolute atomic E-state index is 0. The Kier molecular flexibility index (Phi) is 6.38. The van der Waals surface area contributed by atoms with Gasteiger partial charge in [-0.3, -0.25) is 9.89 Å². The van der Waals surface area contributed by atoms with E-state index < -0.39 is 11.7 Å². The number of fused-ring (bicyclic) bond motifs is 1. The van der Waals surface area contributed by atoms with Gasteiger partial charge < -0.3 is 10.2 Å². The monoisotopic (exact) mass is 438 g/mol. The second-order valence-corrected chi connectivity index (χ2v) is 7.44. The lowest BCUT2D eigenvalue weighted by atomic mass is 9.96. The molecule has 160 valence electrons. The Morgan fingerprint density at radius 3 is 2.57 bits per heavy atom. The van der Waals surface area contributed by atoms with Crippen LogP contribution in [0.15, 0.2) is 42.5 Å². The number of carbonyl (C=O) groups excluding carboxylic acids is 1. The van der Waals surface area contributed by atoms with E-state index >= 15 is 0 Å². The Bertz CT molecular complexity index is 1040. The number of hydrogen-bond acceptors (Lipinski definition) is 3. The normalized spacial score (nSPS) is 15.7. The molecule has 1 saturated heterocycles. The smallest absolute Gasteiger partial charge is 0.308 e. The summed E-state index contributed by atoms with van der Waals surface area (Å²) in [5.41, 5.74) is 0.467. The molecule has 1 fully saturated rings. The first kappa shape index (κ1) is 22.1. The number of halogens is 4. The Labute approximate surface area is 178 Å². The Morgan fingerprint density at radius 2 is 1.87 bits per heavy atom. The summed E-state index contributed by atoms with van der Waals surface area (Å²) >= 11 is 0. The van der Waals surface area contributed by atoms with Crippen molar-refractivity contribution in [3.63, 3.8) is 0 Å². The van der Waals surface area contributed by atoms with Crippen LogP contribution >= 0.6 is 12.4 Å². The minimum atomic E-state index is -4.45. The van der Waals surface area contributed by atoms with Crippen molar-refractivity contribution in [2.24, 2.45) is 5.92 Å². The molecule has 2 N–H and O–H groups in total. The molecule has 1 aliphatic rings. The highest BCUT2D eigenvalue weighted by molar-refractivity contribution is 6.01. The van der Waals surface area contributed by atoms with Crippen molar-refractivity contribution in [3.05, 3.63) is 48.0 Å². The summed E-state index contributed by atoms with van der Waals surface area (Å²) in [7, 11) is 2.02. The van der Waals surface area contributed by atoms with E-state index in [0.717, 1.165) is 32.0 Å². The number of aromatic amines is 1. The van der Waals surface area contributed by atoms with Crippen LogP contribution in [-0.2, 0) is 11.0 Å². The summed E-state index contributed by atoms with van der Waals surface area (Å²) in [5.74, 6) is 0.148. The van der Waals surface area contributed by atoms with Crippen LogP contribution in [0.25, 0.3) is 22.0 Å². The summed E-state index contributed by atoms with van der Waals surface area (Å²) < 4.78 is 40.2. The molecule has 2 heterocycles. The number of piperidine rings is 1. The number of aromatic nitrogens is 2. The molecule has 2 aromatic carbocycles. The fraction of sp³-hybridized carbons (Fsp3) is 0.333. The molecule has 1 aromatic heterocycles. The van der Waals surface area contributed by atoms with Crippen LogP contribution in [0, 0.1) is 5.92 Å². The van der Waals surface area contributed by atoms with E-state index in [2.05, 4.69) is 20.4 Å². The average Bonchev–Trinajstić information content (AvgIpc) is 3.10. The zero-order valence-electron chi connectivity index (χ0n) is 16.3. The third kappa shape index (κ3) is 4.44. The van der Waals surface area contributed by atoms with E-state index in [4.69, 9.17) is 0 Å².